The van der Waals surface area contributed by atoms with Gasteiger partial charge in [-0.1, -0.05) is 54.1 Å². The third-order valence-electron chi connectivity index (χ3n) is 7.28. The van der Waals surface area contributed by atoms with E-state index >= 15 is 0 Å². The predicted molar refractivity (Wildman–Crippen MR) is 160 cm³/mol. The zero-order valence-corrected chi connectivity index (χ0v) is 24.8. The van der Waals surface area contributed by atoms with Crippen LogP contribution >= 0.6 is 11.6 Å². The van der Waals surface area contributed by atoms with Gasteiger partial charge in [0.2, 0.25) is 0 Å². The van der Waals surface area contributed by atoms with Crippen molar-refractivity contribution < 1.29 is 32.2 Å². The average molecular weight is 655 g/mol. The lowest BCUT2D eigenvalue weighted by atomic mass is 10.1. The number of hydrogen-bond acceptors (Lipinski definition) is 10. The largest absolute Gasteiger partial charge is 0.493 e. The van der Waals surface area contributed by atoms with Gasteiger partial charge in [0, 0.05) is 36.4 Å². The number of nitrogens with one attached hydrogen (secondary N) is 1. The summed E-state index contributed by atoms with van der Waals surface area (Å²) in [6.45, 7) is 0.324. The zero-order chi connectivity index (χ0) is 32.4. The van der Waals surface area contributed by atoms with Crippen molar-refractivity contribution in [3.05, 3.63) is 76.9 Å². The number of carbonyl (C=O) groups excluding carboxylic acids is 2. The van der Waals surface area contributed by atoms with Crippen molar-refractivity contribution in [1.82, 2.24) is 35.2 Å². The summed E-state index contributed by atoms with van der Waals surface area (Å²) in [5, 5.41) is 11.4. The lowest BCUT2D eigenvalue weighted by Crippen LogP contribution is -2.42. The number of hydrogen-bond donors (Lipinski definition) is 2. The fraction of sp³-hybridized carbons (Fsp3) is 0.267. The van der Waals surface area contributed by atoms with E-state index in [2.05, 4.69) is 25.5 Å². The number of hydroxylamine groups is 2. The van der Waals surface area contributed by atoms with Crippen molar-refractivity contribution in [3.63, 3.8) is 0 Å². The Morgan fingerprint density at radius 1 is 1.11 bits per heavy atom. The van der Waals surface area contributed by atoms with E-state index in [-0.39, 0.29) is 46.4 Å². The second kappa shape index (κ2) is 12.8. The van der Waals surface area contributed by atoms with Crippen molar-refractivity contribution in [2.24, 2.45) is 5.92 Å². The van der Waals surface area contributed by atoms with Gasteiger partial charge in [0.15, 0.2) is 17.3 Å². The van der Waals surface area contributed by atoms with E-state index < -0.39 is 24.6 Å². The Morgan fingerprint density at radius 3 is 2.57 bits per heavy atom. The molecule has 6 rings (SSSR count). The highest BCUT2D eigenvalue weighted by molar-refractivity contribution is 6.30. The summed E-state index contributed by atoms with van der Waals surface area (Å²) >= 11 is 6.26. The summed E-state index contributed by atoms with van der Waals surface area (Å²) in [5.74, 6) is -3.19. The molecule has 1 aliphatic carbocycles. The van der Waals surface area contributed by atoms with Crippen LogP contribution < -0.4 is 11.1 Å². The zero-order valence-electron chi connectivity index (χ0n) is 24.0. The molecule has 0 spiro atoms. The number of nitrogens with zero attached hydrogens (tertiary/aromatic N) is 6. The molecule has 2 aromatic carbocycles. The summed E-state index contributed by atoms with van der Waals surface area (Å²) in [4.78, 5) is 39.9. The molecule has 0 unspecified atom stereocenters. The number of nitrogens with two attached hydrogens (primary N) is 1. The number of rotatable bonds is 10. The Bertz CT molecular complexity index is 1890. The van der Waals surface area contributed by atoms with Gasteiger partial charge in [-0.25, -0.2) is 14.4 Å². The van der Waals surface area contributed by atoms with E-state index in [0.717, 1.165) is 18.4 Å². The maximum absolute atomic E-state index is 14.1. The standard InChI is InChI=1S/C30H26ClF3N8O4/c31-20-8-4-7-19(13-20)22-23-25(41(16-18-9-10-18)27(38-23)24-26(35)40-46-39-24)21(15-37-22)28(43)42(45-29(44)30(32,33)34)12-11-36-14-17-5-2-1-3-6-17/h1-8,13,15,18,36H,9-12,14,16H2,(H2,35,40). The van der Waals surface area contributed by atoms with Crippen LogP contribution in [0.3, 0.4) is 0 Å². The van der Waals surface area contributed by atoms with Crippen LogP contribution in [0, 0.1) is 5.92 Å². The van der Waals surface area contributed by atoms with Crippen molar-refractivity contribution in [1.29, 1.82) is 0 Å². The van der Waals surface area contributed by atoms with Gasteiger partial charge in [0.25, 0.3) is 5.91 Å². The van der Waals surface area contributed by atoms with E-state index in [0.29, 0.717) is 34.4 Å². The third-order valence-corrected chi connectivity index (χ3v) is 7.51. The van der Waals surface area contributed by atoms with Crippen molar-refractivity contribution >= 4 is 40.3 Å². The number of fused-ring (bicyclic) bond motifs is 1. The molecular weight excluding hydrogens is 629 g/mol. The molecule has 0 atom stereocenters. The molecule has 5 aromatic rings. The number of aromatic nitrogens is 5. The molecule has 3 N–H and O–H groups in total. The maximum atomic E-state index is 14.1. The number of amides is 1. The summed E-state index contributed by atoms with van der Waals surface area (Å²) in [6, 6.07) is 16.0. The number of nitrogen functional groups attached to an aromatic ring is 1. The second-order valence-corrected chi connectivity index (χ2v) is 11.1. The molecule has 46 heavy (non-hydrogen) atoms. The summed E-state index contributed by atoms with van der Waals surface area (Å²) in [7, 11) is 0. The minimum Gasteiger partial charge on any atom is -0.379 e. The first-order valence-corrected chi connectivity index (χ1v) is 14.6. The minimum absolute atomic E-state index is 0.00330. The van der Waals surface area contributed by atoms with Gasteiger partial charge in [-0.3, -0.25) is 9.78 Å². The lowest BCUT2D eigenvalue weighted by Gasteiger charge is -2.23. The maximum Gasteiger partial charge on any atom is 0.493 e. The number of benzene rings is 2. The highest BCUT2D eigenvalue weighted by Gasteiger charge is 2.44. The first-order chi connectivity index (χ1) is 22.1. The van der Waals surface area contributed by atoms with Crippen LogP contribution in [0.15, 0.2) is 65.4 Å². The van der Waals surface area contributed by atoms with Crippen LogP contribution in [0.25, 0.3) is 33.8 Å². The monoisotopic (exact) mass is 654 g/mol. The fourth-order valence-electron chi connectivity index (χ4n) is 4.90. The SMILES string of the molecule is Nc1nonc1-c1nc2c(-c3cccc(Cl)c3)ncc(C(=O)N(CCNCc3ccccc3)OC(=O)C(F)(F)F)c2n1CC1CC1. The minimum atomic E-state index is -5.35. The molecule has 3 heterocycles. The number of halogens is 4. The van der Waals surface area contributed by atoms with E-state index in [1.54, 1.807) is 28.8 Å². The lowest BCUT2D eigenvalue weighted by molar-refractivity contribution is -0.228. The van der Waals surface area contributed by atoms with Gasteiger partial charge in [0.1, 0.15) is 5.52 Å². The Balaban J connectivity index is 1.45. The molecule has 1 amide bonds. The molecule has 0 saturated heterocycles. The number of pyridine rings is 1. The van der Waals surface area contributed by atoms with E-state index in [9.17, 15) is 22.8 Å². The summed E-state index contributed by atoms with van der Waals surface area (Å²) in [5.41, 5.74) is 8.24. The van der Waals surface area contributed by atoms with Crippen LogP contribution in [0.5, 0.6) is 0 Å². The van der Waals surface area contributed by atoms with Crippen molar-refractivity contribution in [2.45, 2.75) is 32.1 Å². The molecular formula is C30H26ClF3N8O4. The first kappa shape index (κ1) is 31.0. The molecule has 1 saturated carbocycles. The predicted octanol–water partition coefficient (Wildman–Crippen LogP) is 5.05. The topological polar surface area (TPSA) is 154 Å². The van der Waals surface area contributed by atoms with Crippen LogP contribution in [0.4, 0.5) is 19.0 Å². The average Bonchev–Trinajstić information content (AvgIpc) is 3.64. The third kappa shape index (κ3) is 6.65. The number of carbonyl (C=O) groups is 2. The van der Waals surface area contributed by atoms with Gasteiger partial charge < -0.3 is 20.5 Å². The van der Waals surface area contributed by atoms with Crippen molar-refractivity contribution in [3.8, 4) is 22.8 Å². The van der Waals surface area contributed by atoms with E-state index in [1.165, 1.54) is 6.20 Å². The first-order valence-electron chi connectivity index (χ1n) is 14.2. The molecule has 0 aliphatic heterocycles. The summed E-state index contributed by atoms with van der Waals surface area (Å²) < 4.78 is 46.5. The Hall–Kier alpha value is -5.02. The highest BCUT2D eigenvalue weighted by Crippen LogP contribution is 2.38. The normalized spacial score (nSPS) is 13.2. The van der Waals surface area contributed by atoms with E-state index in [1.807, 2.05) is 30.3 Å². The van der Waals surface area contributed by atoms with Gasteiger partial charge in [-0.05, 0) is 46.8 Å². The number of imidazole rings is 1. The molecule has 0 bridgehead atoms. The Morgan fingerprint density at radius 2 is 1.89 bits per heavy atom. The van der Waals surface area contributed by atoms with Gasteiger partial charge in [0.05, 0.1) is 23.3 Å². The molecule has 3 aromatic heterocycles. The van der Waals surface area contributed by atoms with Gasteiger partial charge >= 0.3 is 12.1 Å². The Kier molecular flexibility index (Phi) is 8.60. The van der Waals surface area contributed by atoms with Crippen LogP contribution in [0.2, 0.25) is 5.02 Å². The fourth-order valence-corrected chi connectivity index (χ4v) is 5.09. The quantitative estimate of drug-likeness (QED) is 0.154. The smallest absolute Gasteiger partial charge is 0.379 e. The van der Waals surface area contributed by atoms with Crippen molar-refractivity contribution in [2.75, 3.05) is 18.8 Å². The summed E-state index contributed by atoms with van der Waals surface area (Å²) in [6.07, 6.45) is -2.32. The van der Waals surface area contributed by atoms with Crippen LogP contribution in [-0.2, 0) is 22.7 Å². The molecule has 0 radical (unpaired) electrons. The molecule has 1 aliphatic rings. The molecule has 12 nitrogen and oxygen atoms in total. The molecule has 1 fully saturated rings. The second-order valence-electron chi connectivity index (χ2n) is 10.7. The van der Waals surface area contributed by atoms with Crippen LogP contribution in [-0.4, -0.2) is 61.1 Å². The molecule has 16 heteroatoms. The van der Waals surface area contributed by atoms with Crippen LogP contribution in [0.1, 0.15) is 28.8 Å². The van der Waals surface area contributed by atoms with E-state index in [4.69, 9.17) is 26.9 Å². The van der Waals surface area contributed by atoms with Gasteiger partial charge in [-0.15, -0.1) is 0 Å². The molecule has 238 valence electrons. The van der Waals surface area contributed by atoms with Gasteiger partial charge in [-0.2, -0.15) is 18.2 Å². The highest BCUT2D eigenvalue weighted by atomic mass is 35.5. The number of anilines is 1. The number of alkyl halides is 3. The Labute approximate surface area is 264 Å².